The molecule has 1 nitrogen and oxygen atoms in total. The summed E-state index contributed by atoms with van der Waals surface area (Å²) in [6, 6.07) is 3.77. The Balaban J connectivity index is 1.82. The molecule has 1 atom stereocenters. The van der Waals surface area contributed by atoms with Crippen LogP contribution in [0.5, 0.6) is 0 Å². The van der Waals surface area contributed by atoms with Gasteiger partial charge in [-0.15, -0.1) is 0 Å². The molecule has 0 aromatic heterocycles. The molecule has 19 heavy (non-hydrogen) atoms. The van der Waals surface area contributed by atoms with E-state index in [0.717, 1.165) is 18.9 Å². The standard InChI is InChI=1S/C16H23F2N/c1-12(16-14(17)8-5-9-15(16)18)19-11-10-13-6-3-2-4-7-13/h5,8-9,12-13,19H,2-4,6-7,10-11H2,1H3. The monoisotopic (exact) mass is 267 g/mol. The molecule has 1 aliphatic rings. The number of hydrogen-bond acceptors (Lipinski definition) is 1. The molecule has 1 aliphatic carbocycles. The Bertz CT molecular complexity index is 379. The van der Waals surface area contributed by atoms with E-state index in [9.17, 15) is 8.78 Å². The van der Waals surface area contributed by atoms with Crippen molar-refractivity contribution in [1.29, 1.82) is 0 Å². The third-order valence-corrected chi connectivity index (χ3v) is 4.16. The number of hydrogen-bond donors (Lipinski definition) is 1. The first-order chi connectivity index (χ1) is 9.18. The van der Waals surface area contributed by atoms with Gasteiger partial charge in [0.05, 0.1) is 0 Å². The van der Waals surface area contributed by atoms with E-state index in [1.165, 1.54) is 50.3 Å². The highest BCUT2D eigenvalue weighted by Gasteiger charge is 2.17. The summed E-state index contributed by atoms with van der Waals surface area (Å²) < 4.78 is 27.2. The zero-order chi connectivity index (χ0) is 13.7. The fraction of sp³-hybridized carbons (Fsp3) is 0.625. The number of nitrogens with one attached hydrogen (secondary N) is 1. The third-order valence-electron chi connectivity index (χ3n) is 4.16. The normalized spacial score (nSPS) is 18.5. The van der Waals surface area contributed by atoms with E-state index in [-0.39, 0.29) is 11.6 Å². The van der Waals surface area contributed by atoms with Crippen molar-refractivity contribution < 1.29 is 8.78 Å². The Morgan fingerprint density at radius 1 is 1.16 bits per heavy atom. The summed E-state index contributed by atoms with van der Waals surface area (Å²) in [6.45, 7) is 2.65. The first-order valence-corrected chi connectivity index (χ1v) is 7.35. The van der Waals surface area contributed by atoms with E-state index < -0.39 is 11.6 Å². The van der Waals surface area contributed by atoms with Crippen LogP contribution in [0.2, 0.25) is 0 Å². The molecule has 1 aromatic carbocycles. The fourth-order valence-corrected chi connectivity index (χ4v) is 3.01. The van der Waals surface area contributed by atoms with Gasteiger partial charge in [0.15, 0.2) is 0 Å². The largest absolute Gasteiger partial charge is 0.310 e. The molecular weight excluding hydrogens is 244 g/mol. The molecule has 3 heteroatoms. The van der Waals surface area contributed by atoms with Gasteiger partial charge in [-0.1, -0.05) is 38.2 Å². The Hall–Kier alpha value is -0.960. The quantitative estimate of drug-likeness (QED) is 0.823. The molecule has 106 valence electrons. The van der Waals surface area contributed by atoms with Gasteiger partial charge in [-0.05, 0) is 37.9 Å². The SMILES string of the molecule is CC(NCCC1CCCCC1)c1c(F)cccc1F. The first-order valence-electron chi connectivity index (χ1n) is 7.35. The second-order valence-corrected chi connectivity index (χ2v) is 5.60. The number of benzene rings is 1. The average molecular weight is 267 g/mol. The van der Waals surface area contributed by atoms with E-state index in [1.807, 2.05) is 6.92 Å². The zero-order valence-corrected chi connectivity index (χ0v) is 11.6. The van der Waals surface area contributed by atoms with Crippen molar-refractivity contribution in [2.75, 3.05) is 6.54 Å². The maximum absolute atomic E-state index is 13.6. The minimum absolute atomic E-state index is 0.158. The summed E-state index contributed by atoms with van der Waals surface area (Å²) in [5.41, 5.74) is 0.158. The summed E-state index contributed by atoms with van der Waals surface area (Å²) in [5.74, 6) is -0.130. The van der Waals surface area contributed by atoms with Gasteiger partial charge in [0.2, 0.25) is 0 Å². The van der Waals surface area contributed by atoms with Crippen LogP contribution < -0.4 is 5.32 Å². The zero-order valence-electron chi connectivity index (χ0n) is 11.6. The molecule has 0 aliphatic heterocycles. The maximum atomic E-state index is 13.6. The second-order valence-electron chi connectivity index (χ2n) is 5.60. The van der Waals surface area contributed by atoms with Crippen LogP contribution >= 0.6 is 0 Å². The molecular formula is C16H23F2N. The van der Waals surface area contributed by atoms with E-state index in [2.05, 4.69) is 5.32 Å². The van der Waals surface area contributed by atoms with Crippen molar-refractivity contribution in [3.05, 3.63) is 35.4 Å². The van der Waals surface area contributed by atoms with Crippen LogP contribution in [-0.4, -0.2) is 6.54 Å². The lowest BCUT2D eigenvalue weighted by atomic mass is 9.87. The van der Waals surface area contributed by atoms with Gasteiger partial charge in [0.25, 0.3) is 0 Å². The summed E-state index contributed by atoms with van der Waals surface area (Å²) >= 11 is 0. The number of halogens is 2. The molecule has 0 spiro atoms. The lowest BCUT2D eigenvalue weighted by Crippen LogP contribution is -2.24. The van der Waals surface area contributed by atoms with Crippen LogP contribution in [0.25, 0.3) is 0 Å². The van der Waals surface area contributed by atoms with E-state index in [4.69, 9.17) is 0 Å². The maximum Gasteiger partial charge on any atom is 0.130 e. The topological polar surface area (TPSA) is 12.0 Å². The van der Waals surface area contributed by atoms with Gasteiger partial charge < -0.3 is 5.32 Å². The Kier molecular flexibility index (Phi) is 5.32. The Labute approximate surface area is 114 Å². The third kappa shape index (κ3) is 4.00. The van der Waals surface area contributed by atoms with Crippen LogP contribution in [0.1, 0.15) is 57.1 Å². The highest BCUT2D eigenvalue weighted by Crippen LogP contribution is 2.26. The molecule has 2 rings (SSSR count). The van der Waals surface area contributed by atoms with Crippen molar-refractivity contribution >= 4 is 0 Å². The summed E-state index contributed by atoms with van der Waals surface area (Å²) in [4.78, 5) is 0. The summed E-state index contributed by atoms with van der Waals surface area (Å²) in [5, 5.41) is 3.25. The van der Waals surface area contributed by atoms with Crippen LogP contribution in [0, 0.1) is 17.6 Å². The minimum atomic E-state index is -0.460. The van der Waals surface area contributed by atoms with Gasteiger partial charge >= 0.3 is 0 Å². The minimum Gasteiger partial charge on any atom is -0.310 e. The fourth-order valence-electron chi connectivity index (χ4n) is 3.01. The van der Waals surface area contributed by atoms with E-state index >= 15 is 0 Å². The molecule has 1 saturated carbocycles. The van der Waals surface area contributed by atoms with Gasteiger partial charge in [0.1, 0.15) is 11.6 Å². The van der Waals surface area contributed by atoms with E-state index in [0.29, 0.717) is 0 Å². The Morgan fingerprint density at radius 2 is 1.79 bits per heavy atom. The van der Waals surface area contributed by atoms with Crippen LogP contribution in [0.15, 0.2) is 18.2 Å². The lowest BCUT2D eigenvalue weighted by molar-refractivity contribution is 0.328. The van der Waals surface area contributed by atoms with Crippen LogP contribution in [-0.2, 0) is 0 Å². The van der Waals surface area contributed by atoms with Gasteiger partial charge in [-0.3, -0.25) is 0 Å². The number of rotatable bonds is 5. The molecule has 0 bridgehead atoms. The van der Waals surface area contributed by atoms with Crippen LogP contribution in [0.3, 0.4) is 0 Å². The molecule has 1 N–H and O–H groups in total. The predicted octanol–water partition coefficient (Wildman–Crippen LogP) is 4.59. The molecule has 0 saturated heterocycles. The molecule has 0 heterocycles. The summed E-state index contributed by atoms with van der Waals surface area (Å²) in [7, 11) is 0. The molecule has 1 aromatic rings. The van der Waals surface area contributed by atoms with Crippen molar-refractivity contribution in [2.45, 2.75) is 51.5 Å². The lowest BCUT2D eigenvalue weighted by Gasteiger charge is -2.23. The smallest absolute Gasteiger partial charge is 0.130 e. The van der Waals surface area contributed by atoms with Gasteiger partial charge in [-0.2, -0.15) is 0 Å². The highest BCUT2D eigenvalue weighted by atomic mass is 19.1. The van der Waals surface area contributed by atoms with Crippen LogP contribution in [0.4, 0.5) is 8.78 Å². The first kappa shape index (κ1) is 14.4. The molecule has 1 fully saturated rings. The van der Waals surface area contributed by atoms with Crippen molar-refractivity contribution in [3.63, 3.8) is 0 Å². The van der Waals surface area contributed by atoms with Crippen molar-refractivity contribution in [1.82, 2.24) is 5.32 Å². The Morgan fingerprint density at radius 3 is 2.42 bits per heavy atom. The molecule has 0 amide bonds. The molecule has 1 unspecified atom stereocenters. The van der Waals surface area contributed by atoms with Crippen molar-refractivity contribution in [2.24, 2.45) is 5.92 Å². The van der Waals surface area contributed by atoms with E-state index in [1.54, 1.807) is 0 Å². The van der Waals surface area contributed by atoms with Gasteiger partial charge in [-0.25, -0.2) is 8.78 Å². The second kappa shape index (κ2) is 6.99. The summed E-state index contributed by atoms with van der Waals surface area (Å²) in [6.07, 6.45) is 7.76. The highest BCUT2D eigenvalue weighted by molar-refractivity contribution is 5.22. The van der Waals surface area contributed by atoms with Gasteiger partial charge in [0, 0.05) is 11.6 Å². The predicted molar refractivity (Wildman–Crippen MR) is 74.0 cm³/mol. The van der Waals surface area contributed by atoms with Crippen molar-refractivity contribution in [3.8, 4) is 0 Å². The molecule has 0 radical (unpaired) electrons. The average Bonchev–Trinajstić information content (AvgIpc) is 2.40.